The zero-order valence-electron chi connectivity index (χ0n) is 20.0. The molecule has 0 saturated carbocycles. The van der Waals surface area contributed by atoms with E-state index in [1.54, 1.807) is 0 Å². The molecule has 0 aliphatic carbocycles. The maximum atomic E-state index is 2.64. The van der Waals surface area contributed by atoms with Crippen LogP contribution in [0, 0.1) is 0 Å². The van der Waals surface area contributed by atoms with E-state index >= 15 is 0 Å². The molecular weight excluding hydrogens is 507 g/mol. The molecule has 0 heterocycles. The van der Waals surface area contributed by atoms with Gasteiger partial charge in [-0.3, -0.25) is 0 Å². The van der Waals surface area contributed by atoms with Crippen LogP contribution in [0.2, 0.25) is 0 Å². The maximum absolute atomic E-state index is 2.64. The molecule has 164 valence electrons. The first kappa shape index (κ1) is 32.2. The minimum Gasteiger partial charge on any atom is -0.303 e. The largest absolute Gasteiger partial charge is 4.00 e. The summed E-state index contributed by atoms with van der Waals surface area (Å²) in [4.78, 5) is 5.27. The Morgan fingerprint density at radius 3 is 0.593 bits per heavy atom. The zero-order chi connectivity index (χ0) is 19.9. The van der Waals surface area contributed by atoms with E-state index in [4.69, 9.17) is 0 Å². The fourth-order valence-electron chi connectivity index (χ4n) is 2.96. The zero-order valence-corrected chi connectivity index (χ0v) is 22.5. The van der Waals surface area contributed by atoms with Crippen LogP contribution < -0.4 is 0 Å². The molecule has 0 aliphatic rings. The molecule has 0 aliphatic heterocycles. The predicted molar refractivity (Wildman–Crippen MR) is 122 cm³/mol. The third kappa shape index (κ3) is 26.6. The molecule has 0 bridgehead atoms. The van der Waals surface area contributed by atoms with E-state index in [2.05, 4.69) is 51.3 Å². The summed E-state index contributed by atoms with van der Waals surface area (Å²) in [6, 6.07) is 0. The van der Waals surface area contributed by atoms with Crippen molar-refractivity contribution in [2.75, 3.05) is 39.3 Å². The van der Waals surface area contributed by atoms with Gasteiger partial charge in [0.05, 0.1) is 0 Å². The molecule has 0 amide bonds. The van der Waals surface area contributed by atoms with E-state index < -0.39 is 0 Å². The van der Waals surface area contributed by atoms with Gasteiger partial charge >= 0.3 is 19.8 Å². The number of rotatable bonds is 18. The van der Waals surface area contributed by atoms with Gasteiger partial charge in [-0.15, -0.1) is 0 Å². The van der Waals surface area contributed by atoms with Crippen LogP contribution >= 0.6 is 0 Å². The SMILES string of the molecule is CCCCN(CCCC)CCCC.CCCCN(CCCC)CCCC.[Os+4]. The number of unbranched alkanes of at least 4 members (excludes halogenated alkanes) is 6. The van der Waals surface area contributed by atoms with E-state index in [0.717, 1.165) is 0 Å². The van der Waals surface area contributed by atoms with E-state index in [1.165, 1.54) is 116 Å². The van der Waals surface area contributed by atoms with E-state index in [9.17, 15) is 0 Å². The third-order valence-corrected chi connectivity index (χ3v) is 4.97. The van der Waals surface area contributed by atoms with Crippen LogP contribution in [0.3, 0.4) is 0 Å². The first-order valence-electron chi connectivity index (χ1n) is 12.1. The molecule has 0 aromatic rings. The van der Waals surface area contributed by atoms with Crippen molar-refractivity contribution in [2.24, 2.45) is 0 Å². The topological polar surface area (TPSA) is 6.48 Å². The molecule has 0 fully saturated rings. The fraction of sp³-hybridized carbons (Fsp3) is 1.00. The molecule has 0 N–H and O–H groups in total. The molecule has 0 aromatic carbocycles. The average Bonchev–Trinajstić information content (AvgIpc) is 2.67. The Hall–Kier alpha value is 0.556. The minimum absolute atomic E-state index is 0. The van der Waals surface area contributed by atoms with Crippen molar-refractivity contribution >= 4 is 0 Å². The number of nitrogens with zero attached hydrogens (tertiary/aromatic N) is 2. The van der Waals surface area contributed by atoms with Crippen molar-refractivity contribution in [2.45, 2.75) is 119 Å². The van der Waals surface area contributed by atoms with Gasteiger partial charge in [-0.25, -0.2) is 0 Å². The van der Waals surface area contributed by atoms with Crippen molar-refractivity contribution in [3.8, 4) is 0 Å². The normalized spacial score (nSPS) is 10.7. The van der Waals surface area contributed by atoms with Crippen molar-refractivity contribution in [1.82, 2.24) is 9.80 Å². The Kier molecular flexibility index (Phi) is 34.3. The van der Waals surface area contributed by atoms with Gasteiger partial charge in [0, 0.05) is 0 Å². The molecule has 27 heavy (non-hydrogen) atoms. The van der Waals surface area contributed by atoms with Gasteiger partial charge in [0.1, 0.15) is 0 Å². The van der Waals surface area contributed by atoms with E-state index in [0.29, 0.717) is 0 Å². The second kappa shape index (κ2) is 28.8. The van der Waals surface area contributed by atoms with Gasteiger partial charge in [-0.1, -0.05) is 80.1 Å². The van der Waals surface area contributed by atoms with Crippen LogP contribution in [0.15, 0.2) is 0 Å². The van der Waals surface area contributed by atoms with Gasteiger partial charge in [0.15, 0.2) is 0 Å². The van der Waals surface area contributed by atoms with Crippen molar-refractivity contribution in [3.05, 3.63) is 0 Å². The first-order valence-corrected chi connectivity index (χ1v) is 12.1. The summed E-state index contributed by atoms with van der Waals surface area (Å²) in [6.07, 6.45) is 16.2. The summed E-state index contributed by atoms with van der Waals surface area (Å²) in [5, 5.41) is 0. The Morgan fingerprint density at radius 1 is 0.333 bits per heavy atom. The summed E-state index contributed by atoms with van der Waals surface area (Å²) >= 11 is 0. The Balaban J connectivity index is -0.000000411. The average molecular weight is 561 g/mol. The summed E-state index contributed by atoms with van der Waals surface area (Å²) in [7, 11) is 0. The fourth-order valence-corrected chi connectivity index (χ4v) is 2.96. The monoisotopic (exact) mass is 562 g/mol. The quantitative estimate of drug-likeness (QED) is 0.173. The van der Waals surface area contributed by atoms with E-state index in [1.807, 2.05) is 0 Å². The number of hydrogen-bond acceptors (Lipinski definition) is 2. The van der Waals surface area contributed by atoms with Gasteiger partial charge in [0.2, 0.25) is 0 Å². The predicted octanol–water partition coefficient (Wildman–Crippen LogP) is 7.37. The maximum Gasteiger partial charge on any atom is 4.00 e. The van der Waals surface area contributed by atoms with Crippen LogP contribution in [0.5, 0.6) is 0 Å². The van der Waals surface area contributed by atoms with Crippen molar-refractivity contribution < 1.29 is 19.8 Å². The molecule has 0 saturated heterocycles. The molecule has 2 nitrogen and oxygen atoms in total. The van der Waals surface area contributed by atoms with Crippen molar-refractivity contribution in [3.63, 3.8) is 0 Å². The van der Waals surface area contributed by atoms with Gasteiger partial charge in [0.25, 0.3) is 0 Å². The summed E-state index contributed by atoms with van der Waals surface area (Å²) < 4.78 is 0. The standard InChI is InChI=1S/2C12H27N.Os/c2*1-4-7-10-13(11-8-5-2)12-9-6-3;/h2*4-12H2,1-3H3;/q;;+4. The Labute approximate surface area is 187 Å². The molecular formula is C24H54N2Os+4. The molecule has 0 atom stereocenters. The molecule has 3 heteroatoms. The summed E-state index contributed by atoms with van der Waals surface area (Å²) in [6.45, 7) is 21.5. The Morgan fingerprint density at radius 2 is 0.481 bits per heavy atom. The van der Waals surface area contributed by atoms with Crippen LogP contribution in [-0.2, 0) is 19.8 Å². The van der Waals surface area contributed by atoms with Gasteiger partial charge in [-0.2, -0.15) is 0 Å². The molecule has 0 radical (unpaired) electrons. The smallest absolute Gasteiger partial charge is 0.303 e. The van der Waals surface area contributed by atoms with Gasteiger partial charge < -0.3 is 9.80 Å². The molecule has 0 rings (SSSR count). The second-order valence-corrected chi connectivity index (χ2v) is 7.80. The molecule has 0 unspecified atom stereocenters. The van der Waals surface area contributed by atoms with Gasteiger partial charge in [-0.05, 0) is 77.8 Å². The van der Waals surface area contributed by atoms with Crippen LogP contribution in [0.25, 0.3) is 0 Å². The van der Waals surface area contributed by atoms with Crippen molar-refractivity contribution in [1.29, 1.82) is 0 Å². The Bertz CT molecular complexity index is 174. The number of hydrogen-bond donors (Lipinski definition) is 0. The first-order chi connectivity index (χ1) is 12.7. The molecule has 0 spiro atoms. The second-order valence-electron chi connectivity index (χ2n) is 7.80. The third-order valence-electron chi connectivity index (χ3n) is 4.97. The van der Waals surface area contributed by atoms with E-state index in [-0.39, 0.29) is 19.8 Å². The summed E-state index contributed by atoms with van der Waals surface area (Å²) in [5.74, 6) is 0. The van der Waals surface area contributed by atoms with Crippen LogP contribution in [0.4, 0.5) is 0 Å². The minimum atomic E-state index is 0. The molecule has 0 aromatic heterocycles. The summed E-state index contributed by atoms with van der Waals surface area (Å²) in [5.41, 5.74) is 0. The van der Waals surface area contributed by atoms with Crippen LogP contribution in [-0.4, -0.2) is 49.1 Å². The van der Waals surface area contributed by atoms with Crippen LogP contribution in [0.1, 0.15) is 119 Å².